The smallest absolute Gasteiger partial charge is 0.166 e. The zero-order valence-corrected chi connectivity index (χ0v) is 7.53. The molecule has 0 spiro atoms. The summed E-state index contributed by atoms with van der Waals surface area (Å²) in [5, 5.41) is 0. The molecule has 0 saturated heterocycles. The molecular weight excluding hydrogens is 166 g/mol. The molecular formula is C9H13N3O. The van der Waals surface area contributed by atoms with Gasteiger partial charge in [-0.1, -0.05) is 12.2 Å². The SMILES string of the molecule is COc1cc(C=CCN)cnc1N. The van der Waals surface area contributed by atoms with Crippen molar-refractivity contribution in [2.75, 3.05) is 19.4 Å². The molecule has 1 aromatic rings. The first-order valence-electron chi connectivity index (χ1n) is 3.94. The maximum absolute atomic E-state index is 5.54. The third-order valence-electron chi connectivity index (χ3n) is 1.57. The molecule has 4 nitrogen and oxygen atoms in total. The number of nitrogen functional groups attached to an aromatic ring is 1. The minimum atomic E-state index is 0.396. The van der Waals surface area contributed by atoms with Crippen molar-refractivity contribution >= 4 is 11.9 Å². The van der Waals surface area contributed by atoms with Crippen molar-refractivity contribution in [1.82, 2.24) is 4.98 Å². The van der Waals surface area contributed by atoms with Crippen LogP contribution in [-0.2, 0) is 0 Å². The van der Waals surface area contributed by atoms with Crippen molar-refractivity contribution < 1.29 is 4.74 Å². The molecule has 1 heterocycles. The van der Waals surface area contributed by atoms with Gasteiger partial charge in [0.1, 0.15) is 0 Å². The van der Waals surface area contributed by atoms with E-state index in [2.05, 4.69) is 4.98 Å². The highest BCUT2D eigenvalue weighted by Gasteiger charge is 1.99. The predicted molar refractivity (Wildman–Crippen MR) is 53.3 cm³/mol. The normalized spacial score (nSPS) is 10.6. The maximum atomic E-state index is 5.54. The fourth-order valence-electron chi connectivity index (χ4n) is 0.929. The Hall–Kier alpha value is -1.55. The summed E-state index contributed by atoms with van der Waals surface area (Å²) >= 11 is 0. The fourth-order valence-corrected chi connectivity index (χ4v) is 0.929. The van der Waals surface area contributed by atoms with Gasteiger partial charge in [0.2, 0.25) is 0 Å². The van der Waals surface area contributed by atoms with E-state index in [4.69, 9.17) is 16.2 Å². The van der Waals surface area contributed by atoms with Gasteiger partial charge in [-0.3, -0.25) is 0 Å². The summed E-state index contributed by atoms with van der Waals surface area (Å²) in [5.74, 6) is 0.978. The average Bonchev–Trinajstić information content (AvgIpc) is 2.16. The Labute approximate surface area is 77.2 Å². The summed E-state index contributed by atoms with van der Waals surface area (Å²) < 4.78 is 5.01. The third kappa shape index (κ3) is 2.45. The standard InChI is InChI=1S/C9H13N3O/c1-13-8-5-7(3-2-4-10)6-12-9(8)11/h2-3,5-6H,4,10H2,1H3,(H2,11,12). The molecule has 0 aliphatic rings. The van der Waals surface area contributed by atoms with Crippen molar-refractivity contribution in [2.24, 2.45) is 5.73 Å². The third-order valence-corrected chi connectivity index (χ3v) is 1.57. The number of hydrogen-bond acceptors (Lipinski definition) is 4. The predicted octanol–water partition coefficient (Wildman–Crippen LogP) is 0.644. The van der Waals surface area contributed by atoms with Gasteiger partial charge in [0.05, 0.1) is 7.11 Å². The van der Waals surface area contributed by atoms with Crippen LogP contribution < -0.4 is 16.2 Å². The number of aromatic nitrogens is 1. The topological polar surface area (TPSA) is 74.2 Å². The van der Waals surface area contributed by atoms with Crippen molar-refractivity contribution in [1.29, 1.82) is 0 Å². The molecule has 1 aromatic heterocycles. The minimum Gasteiger partial charge on any atom is -0.493 e. The molecule has 70 valence electrons. The van der Waals surface area contributed by atoms with Crippen LogP contribution in [0.5, 0.6) is 5.75 Å². The van der Waals surface area contributed by atoms with E-state index in [-0.39, 0.29) is 0 Å². The zero-order chi connectivity index (χ0) is 9.68. The van der Waals surface area contributed by atoms with Gasteiger partial charge in [-0.05, 0) is 11.6 Å². The Kier molecular flexibility index (Phi) is 3.28. The van der Waals surface area contributed by atoms with Crippen molar-refractivity contribution in [2.45, 2.75) is 0 Å². The molecule has 0 aliphatic carbocycles. The van der Waals surface area contributed by atoms with Crippen molar-refractivity contribution in [3.63, 3.8) is 0 Å². The van der Waals surface area contributed by atoms with Gasteiger partial charge in [-0.2, -0.15) is 0 Å². The highest BCUT2D eigenvalue weighted by molar-refractivity contribution is 5.56. The molecule has 4 heteroatoms. The molecule has 0 saturated carbocycles. The second kappa shape index (κ2) is 4.47. The quantitative estimate of drug-likeness (QED) is 0.714. The highest BCUT2D eigenvalue weighted by atomic mass is 16.5. The van der Waals surface area contributed by atoms with Crippen LogP contribution in [0.1, 0.15) is 5.56 Å². The lowest BCUT2D eigenvalue weighted by Crippen LogP contribution is -1.96. The Morgan fingerprint density at radius 3 is 3.00 bits per heavy atom. The van der Waals surface area contributed by atoms with E-state index in [0.29, 0.717) is 18.1 Å². The van der Waals surface area contributed by atoms with Gasteiger partial charge in [0.25, 0.3) is 0 Å². The lowest BCUT2D eigenvalue weighted by molar-refractivity contribution is 0.415. The van der Waals surface area contributed by atoms with Gasteiger partial charge in [0.15, 0.2) is 11.6 Å². The lowest BCUT2D eigenvalue weighted by atomic mass is 10.2. The molecule has 1 rings (SSSR count). The number of nitrogens with zero attached hydrogens (tertiary/aromatic N) is 1. The summed E-state index contributed by atoms with van der Waals surface area (Å²) in [7, 11) is 1.56. The maximum Gasteiger partial charge on any atom is 0.166 e. The molecule has 4 N–H and O–H groups in total. The van der Waals surface area contributed by atoms with Gasteiger partial charge >= 0.3 is 0 Å². The zero-order valence-electron chi connectivity index (χ0n) is 7.53. The van der Waals surface area contributed by atoms with Crippen LogP contribution in [0.15, 0.2) is 18.3 Å². The molecule has 0 aromatic carbocycles. The van der Waals surface area contributed by atoms with Crippen LogP contribution in [-0.4, -0.2) is 18.6 Å². The van der Waals surface area contributed by atoms with Crippen LogP contribution in [0, 0.1) is 0 Å². The molecule has 0 bridgehead atoms. The van der Waals surface area contributed by atoms with E-state index in [9.17, 15) is 0 Å². The largest absolute Gasteiger partial charge is 0.493 e. The van der Waals surface area contributed by atoms with E-state index in [1.807, 2.05) is 18.2 Å². The summed E-state index contributed by atoms with van der Waals surface area (Å²) in [4.78, 5) is 3.96. The first-order valence-corrected chi connectivity index (χ1v) is 3.94. The molecule has 13 heavy (non-hydrogen) atoms. The van der Waals surface area contributed by atoms with Crippen LogP contribution >= 0.6 is 0 Å². The number of anilines is 1. The fraction of sp³-hybridized carbons (Fsp3) is 0.222. The number of ether oxygens (including phenoxy) is 1. The van der Waals surface area contributed by atoms with E-state index in [0.717, 1.165) is 5.56 Å². The van der Waals surface area contributed by atoms with E-state index < -0.39 is 0 Å². The summed E-state index contributed by atoms with van der Waals surface area (Å²) in [6.07, 6.45) is 5.38. The first-order chi connectivity index (χ1) is 6.27. The van der Waals surface area contributed by atoms with E-state index in [1.54, 1.807) is 13.3 Å². The summed E-state index contributed by atoms with van der Waals surface area (Å²) in [6, 6.07) is 1.81. The molecule has 0 radical (unpaired) electrons. The Morgan fingerprint density at radius 1 is 1.62 bits per heavy atom. The summed E-state index contributed by atoms with van der Waals surface area (Å²) in [5.41, 5.74) is 11.8. The number of nitrogens with two attached hydrogens (primary N) is 2. The number of rotatable bonds is 3. The second-order valence-electron chi connectivity index (χ2n) is 2.49. The Balaban J connectivity index is 2.92. The van der Waals surface area contributed by atoms with Gasteiger partial charge in [0, 0.05) is 12.7 Å². The monoisotopic (exact) mass is 179 g/mol. The number of methoxy groups -OCH3 is 1. The number of hydrogen-bond donors (Lipinski definition) is 2. The van der Waals surface area contributed by atoms with Gasteiger partial charge < -0.3 is 16.2 Å². The highest BCUT2D eigenvalue weighted by Crippen LogP contribution is 2.19. The van der Waals surface area contributed by atoms with E-state index >= 15 is 0 Å². The minimum absolute atomic E-state index is 0.396. The molecule has 0 aliphatic heterocycles. The van der Waals surface area contributed by atoms with Crippen molar-refractivity contribution in [3.8, 4) is 5.75 Å². The first kappa shape index (κ1) is 9.54. The van der Waals surface area contributed by atoms with Crippen LogP contribution in [0.4, 0.5) is 5.82 Å². The van der Waals surface area contributed by atoms with Crippen molar-refractivity contribution in [3.05, 3.63) is 23.9 Å². The Morgan fingerprint density at radius 2 is 2.38 bits per heavy atom. The Bertz CT molecular complexity index is 310. The summed E-state index contributed by atoms with van der Waals surface area (Å²) in [6.45, 7) is 0.507. The molecule has 0 unspecified atom stereocenters. The molecule has 0 amide bonds. The average molecular weight is 179 g/mol. The molecule has 0 atom stereocenters. The van der Waals surface area contributed by atoms with Gasteiger partial charge in [-0.15, -0.1) is 0 Å². The van der Waals surface area contributed by atoms with E-state index in [1.165, 1.54) is 0 Å². The lowest BCUT2D eigenvalue weighted by Gasteiger charge is -2.03. The van der Waals surface area contributed by atoms with Crippen LogP contribution in [0.2, 0.25) is 0 Å². The van der Waals surface area contributed by atoms with Gasteiger partial charge in [-0.25, -0.2) is 4.98 Å². The van der Waals surface area contributed by atoms with Crippen LogP contribution in [0.25, 0.3) is 6.08 Å². The second-order valence-corrected chi connectivity index (χ2v) is 2.49. The van der Waals surface area contributed by atoms with Crippen LogP contribution in [0.3, 0.4) is 0 Å². The molecule has 0 fully saturated rings. The number of pyridine rings is 1.